The molecule has 1 atom stereocenters. The SMILES string of the molecule is Cc1nc([C@H]2CCCN(c3cnccn3)C2)ncc1C(=O)Nc1ccccc1. The van der Waals surface area contributed by atoms with E-state index in [4.69, 9.17) is 0 Å². The number of aromatic nitrogens is 4. The first kappa shape index (κ1) is 18.0. The Kier molecular flexibility index (Phi) is 5.23. The van der Waals surface area contributed by atoms with Crippen molar-refractivity contribution in [1.29, 1.82) is 0 Å². The molecule has 3 heterocycles. The summed E-state index contributed by atoms with van der Waals surface area (Å²) in [6, 6.07) is 9.38. The quantitative estimate of drug-likeness (QED) is 0.755. The highest BCUT2D eigenvalue weighted by Gasteiger charge is 2.25. The zero-order valence-corrected chi connectivity index (χ0v) is 15.7. The molecule has 0 saturated carbocycles. The van der Waals surface area contributed by atoms with Crippen LogP contribution in [0.25, 0.3) is 0 Å². The maximum atomic E-state index is 12.5. The maximum Gasteiger partial charge on any atom is 0.259 e. The van der Waals surface area contributed by atoms with E-state index < -0.39 is 0 Å². The fourth-order valence-corrected chi connectivity index (χ4v) is 3.48. The van der Waals surface area contributed by atoms with Crippen LogP contribution in [0.4, 0.5) is 11.5 Å². The number of rotatable bonds is 4. The van der Waals surface area contributed by atoms with Crippen molar-refractivity contribution in [3.8, 4) is 0 Å². The van der Waals surface area contributed by atoms with Crippen molar-refractivity contribution in [3.63, 3.8) is 0 Å². The Morgan fingerprint density at radius 1 is 1.14 bits per heavy atom. The molecule has 1 fully saturated rings. The van der Waals surface area contributed by atoms with Gasteiger partial charge in [0.05, 0.1) is 17.5 Å². The Hall–Kier alpha value is -3.35. The van der Waals surface area contributed by atoms with E-state index in [1.54, 1.807) is 24.8 Å². The molecule has 1 amide bonds. The second kappa shape index (κ2) is 8.12. The van der Waals surface area contributed by atoms with Gasteiger partial charge in [-0.1, -0.05) is 18.2 Å². The third-order valence-electron chi connectivity index (χ3n) is 4.93. The number of nitrogens with zero attached hydrogens (tertiary/aromatic N) is 5. The van der Waals surface area contributed by atoms with E-state index in [0.29, 0.717) is 11.3 Å². The summed E-state index contributed by atoms with van der Waals surface area (Å²) in [5.74, 6) is 1.67. The summed E-state index contributed by atoms with van der Waals surface area (Å²) < 4.78 is 0. The molecular formula is C21H22N6O. The Bertz CT molecular complexity index is 948. The maximum absolute atomic E-state index is 12.5. The largest absolute Gasteiger partial charge is 0.355 e. The van der Waals surface area contributed by atoms with Gasteiger partial charge in [-0.05, 0) is 31.9 Å². The van der Waals surface area contributed by atoms with Gasteiger partial charge in [0.25, 0.3) is 5.91 Å². The third-order valence-corrected chi connectivity index (χ3v) is 4.93. The number of carbonyl (C=O) groups excluding carboxylic acids is 1. The first-order valence-corrected chi connectivity index (χ1v) is 9.41. The number of aryl methyl sites for hydroxylation is 1. The van der Waals surface area contributed by atoms with Crippen LogP contribution in [0.3, 0.4) is 0 Å². The van der Waals surface area contributed by atoms with Gasteiger partial charge in [0.1, 0.15) is 11.6 Å². The summed E-state index contributed by atoms with van der Waals surface area (Å²) in [6.07, 6.45) is 8.87. The normalized spacial score (nSPS) is 16.6. The molecule has 0 spiro atoms. The molecule has 0 aliphatic carbocycles. The second-order valence-corrected chi connectivity index (χ2v) is 6.90. The van der Waals surface area contributed by atoms with Gasteiger partial charge in [-0.15, -0.1) is 0 Å². The number of hydrogen-bond acceptors (Lipinski definition) is 6. The Morgan fingerprint density at radius 2 is 2.00 bits per heavy atom. The summed E-state index contributed by atoms with van der Waals surface area (Å²) in [6.45, 7) is 3.60. The molecule has 1 aliphatic heterocycles. The molecule has 28 heavy (non-hydrogen) atoms. The van der Waals surface area contributed by atoms with E-state index in [1.807, 2.05) is 37.3 Å². The fraction of sp³-hybridized carbons (Fsp3) is 0.286. The summed E-state index contributed by atoms with van der Waals surface area (Å²) in [5, 5.41) is 2.88. The third kappa shape index (κ3) is 3.98. The van der Waals surface area contributed by atoms with Crippen LogP contribution in [0.15, 0.2) is 55.1 Å². The van der Waals surface area contributed by atoms with Crippen LogP contribution in [0, 0.1) is 6.92 Å². The minimum absolute atomic E-state index is 0.194. The molecule has 1 saturated heterocycles. The van der Waals surface area contributed by atoms with E-state index >= 15 is 0 Å². The van der Waals surface area contributed by atoms with Crippen LogP contribution in [0.1, 0.15) is 40.6 Å². The smallest absolute Gasteiger partial charge is 0.259 e. The standard InChI is InChI=1S/C21H22N6O/c1-15-18(21(28)26-17-7-3-2-4-8-17)12-24-20(25-15)16-6-5-11-27(14-16)19-13-22-9-10-23-19/h2-4,7-10,12-13,16H,5-6,11,14H2,1H3,(H,26,28)/t16-/m0/s1. The van der Waals surface area contributed by atoms with Crippen molar-refractivity contribution >= 4 is 17.4 Å². The van der Waals surface area contributed by atoms with Crippen molar-refractivity contribution in [1.82, 2.24) is 19.9 Å². The molecular weight excluding hydrogens is 352 g/mol. The van der Waals surface area contributed by atoms with Gasteiger partial charge < -0.3 is 10.2 Å². The van der Waals surface area contributed by atoms with Gasteiger partial charge in [0.2, 0.25) is 0 Å². The lowest BCUT2D eigenvalue weighted by Gasteiger charge is -2.32. The van der Waals surface area contributed by atoms with Gasteiger partial charge in [0.15, 0.2) is 0 Å². The Morgan fingerprint density at radius 3 is 2.75 bits per heavy atom. The van der Waals surface area contributed by atoms with Crippen molar-refractivity contribution in [2.45, 2.75) is 25.7 Å². The van der Waals surface area contributed by atoms with Gasteiger partial charge in [-0.3, -0.25) is 9.78 Å². The van der Waals surface area contributed by atoms with Gasteiger partial charge in [-0.2, -0.15) is 0 Å². The fourth-order valence-electron chi connectivity index (χ4n) is 3.48. The molecule has 4 rings (SSSR count). The van der Waals surface area contributed by atoms with Crippen LogP contribution in [-0.2, 0) is 0 Å². The minimum Gasteiger partial charge on any atom is -0.355 e. The van der Waals surface area contributed by atoms with E-state index in [1.165, 1.54) is 0 Å². The lowest BCUT2D eigenvalue weighted by atomic mass is 9.97. The molecule has 7 heteroatoms. The average Bonchev–Trinajstić information content (AvgIpc) is 2.75. The lowest BCUT2D eigenvalue weighted by molar-refractivity contribution is 0.102. The van der Waals surface area contributed by atoms with Crippen molar-refractivity contribution in [3.05, 3.63) is 72.2 Å². The molecule has 0 bridgehead atoms. The van der Waals surface area contributed by atoms with Crippen molar-refractivity contribution in [2.24, 2.45) is 0 Å². The molecule has 3 aromatic rings. The van der Waals surface area contributed by atoms with Crippen molar-refractivity contribution in [2.75, 3.05) is 23.3 Å². The van der Waals surface area contributed by atoms with E-state index in [9.17, 15) is 4.79 Å². The molecule has 2 aromatic heterocycles. The number of anilines is 2. The van der Waals surface area contributed by atoms with E-state index in [2.05, 4.69) is 30.2 Å². The number of benzene rings is 1. The van der Waals surface area contributed by atoms with E-state index in [0.717, 1.165) is 43.3 Å². The number of amides is 1. The van der Waals surface area contributed by atoms with Gasteiger partial charge in [-0.25, -0.2) is 15.0 Å². The van der Waals surface area contributed by atoms with Crippen LogP contribution in [-0.4, -0.2) is 38.9 Å². The molecule has 1 aromatic carbocycles. The number of nitrogens with one attached hydrogen (secondary N) is 1. The lowest BCUT2D eigenvalue weighted by Crippen LogP contribution is -2.35. The average molecular weight is 374 g/mol. The molecule has 0 unspecified atom stereocenters. The highest BCUT2D eigenvalue weighted by atomic mass is 16.1. The van der Waals surface area contributed by atoms with Crippen LogP contribution in [0.5, 0.6) is 0 Å². The minimum atomic E-state index is -0.194. The first-order valence-electron chi connectivity index (χ1n) is 9.41. The molecule has 1 aliphatic rings. The monoisotopic (exact) mass is 374 g/mol. The Balaban J connectivity index is 1.48. The number of carbonyl (C=O) groups is 1. The van der Waals surface area contributed by atoms with Crippen LogP contribution in [0.2, 0.25) is 0 Å². The number of para-hydroxylation sites is 1. The summed E-state index contributed by atoms with van der Waals surface area (Å²) >= 11 is 0. The van der Waals surface area contributed by atoms with Gasteiger partial charge in [0, 0.05) is 43.3 Å². The van der Waals surface area contributed by atoms with Crippen molar-refractivity contribution < 1.29 is 4.79 Å². The highest BCUT2D eigenvalue weighted by Crippen LogP contribution is 2.27. The Labute approximate surface area is 163 Å². The predicted molar refractivity (Wildman–Crippen MR) is 107 cm³/mol. The number of piperidine rings is 1. The summed E-state index contributed by atoms with van der Waals surface area (Å²) in [4.78, 5) is 32.5. The van der Waals surface area contributed by atoms with E-state index in [-0.39, 0.29) is 11.8 Å². The van der Waals surface area contributed by atoms with Gasteiger partial charge >= 0.3 is 0 Å². The molecule has 7 nitrogen and oxygen atoms in total. The molecule has 142 valence electrons. The zero-order valence-electron chi connectivity index (χ0n) is 15.7. The predicted octanol–water partition coefficient (Wildman–Crippen LogP) is 3.21. The van der Waals surface area contributed by atoms with Crippen LogP contribution >= 0.6 is 0 Å². The molecule has 1 N–H and O–H groups in total. The number of hydrogen-bond donors (Lipinski definition) is 1. The molecule has 0 radical (unpaired) electrons. The topological polar surface area (TPSA) is 83.9 Å². The second-order valence-electron chi connectivity index (χ2n) is 6.90. The van der Waals surface area contributed by atoms with Crippen LogP contribution < -0.4 is 10.2 Å². The highest BCUT2D eigenvalue weighted by molar-refractivity contribution is 6.04. The summed E-state index contributed by atoms with van der Waals surface area (Å²) in [5.41, 5.74) is 1.94. The first-order chi connectivity index (χ1) is 13.7. The summed E-state index contributed by atoms with van der Waals surface area (Å²) in [7, 11) is 0. The zero-order chi connectivity index (χ0) is 19.3.